The monoisotopic (exact) mass is 246 g/mol. The number of hydrogen-bond acceptors (Lipinski definition) is 3. The highest BCUT2D eigenvalue weighted by Crippen LogP contribution is 2.39. The summed E-state index contributed by atoms with van der Waals surface area (Å²) in [4.78, 5) is 4.30. The van der Waals surface area contributed by atoms with Crippen LogP contribution in [0.3, 0.4) is 0 Å². The van der Waals surface area contributed by atoms with Crippen molar-refractivity contribution >= 4 is 0 Å². The second-order valence-electron chi connectivity index (χ2n) is 5.70. The Kier molecular flexibility index (Phi) is 3.25. The topological polar surface area (TPSA) is 34.1 Å². The maximum atomic E-state index is 6.27. The third-order valence-electron chi connectivity index (χ3n) is 4.14. The Labute approximate surface area is 109 Å². The summed E-state index contributed by atoms with van der Waals surface area (Å²) in [5, 5.41) is 3.59. The minimum atomic E-state index is 0.0791. The quantitative estimate of drug-likeness (QED) is 0.838. The van der Waals surface area contributed by atoms with E-state index >= 15 is 0 Å². The number of pyridine rings is 1. The molecule has 0 aromatic carbocycles. The number of aryl methyl sites for hydroxylation is 1. The van der Waals surface area contributed by atoms with Crippen LogP contribution in [-0.4, -0.2) is 23.2 Å². The molecule has 0 unspecified atom stereocenters. The van der Waals surface area contributed by atoms with Gasteiger partial charge in [0.2, 0.25) is 0 Å². The van der Waals surface area contributed by atoms with Gasteiger partial charge in [-0.3, -0.25) is 4.98 Å². The van der Waals surface area contributed by atoms with Crippen molar-refractivity contribution in [2.45, 2.75) is 57.1 Å². The fourth-order valence-electron chi connectivity index (χ4n) is 2.58. The number of nitrogens with zero attached hydrogens (tertiary/aromatic N) is 1. The van der Waals surface area contributed by atoms with E-state index < -0.39 is 0 Å². The Bertz CT molecular complexity index is 411. The predicted octanol–water partition coefficient (Wildman–Crippen LogP) is 2.83. The lowest BCUT2D eigenvalue weighted by atomic mass is 9.77. The summed E-state index contributed by atoms with van der Waals surface area (Å²) >= 11 is 0. The second-order valence-corrected chi connectivity index (χ2v) is 5.70. The van der Waals surface area contributed by atoms with Crippen molar-refractivity contribution in [3.05, 3.63) is 24.0 Å². The highest BCUT2D eigenvalue weighted by Gasteiger charge is 2.39. The summed E-state index contributed by atoms with van der Waals surface area (Å²) in [7, 11) is 0. The Morgan fingerprint density at radius 1 is 1.44 bits per heavy atom. The van der Waals surface area contributed by atoms with Crippen LogP contribution in [0.5, 0.6) is 5.75 Å². The number of nitrogens with one attached hydrogen (secondary N) is 1. The maximum Gasteiger partial charge on any atom is 0.141 e. The van der Waals surface area contributed by atoms with Gasteiger partial charge in [0.05, 0.1) is 5.69 Å². The van der Waals surface area contributed by atoms with Crippen LogP contribution in [0.25, 0.3) is 0 Å². The largest absolute Gasteiger partial charge is 0.485 e. The summed E-state index contributed by atoms with van der Waals surface area (Å²) in [6.45, 7) is 3.11. The molecule has 0 radical (unpaired) electrons. The SMILES string of the molecule is Cc1ncccc1OC1(CCNC2CC2)CCC1. The molecule has 98 valence electrons. The Morgan fingerprint density at radius 3 is 2.89 bits per heavy atom. The van der Waals surface area contributed by atoms with Gasteiger partial charge in [-0.2, -0.15) is 0 Å². The van der Waals surface area contributed by atoms with Crippen LogP contribution in [0.1, 0.15) is 44.2 Å². The fourth-order valence-corrected chi connectivity index (χ4v) is 2.58. The van der Waals surface area contributed by atoms with Crippen molar-refractivity contribution in [1.29, 1.82) is 0 Å². The molecule has 1 heterocycles. The van der Waals surface area contributed by atoms with Gasteiger partial charge in [0.15, 0.2) is 0 Å². The second kappa shape index (κ2) is 4.88. The summed E-state index contributed by atoms with van der Waals surface area (Å²) in [5.41, 5.74) is 1.08. The van der Waals surface area contributed by atoms with Crippen LogP contribution in [-0.2, 0) is 0 Å². The van der Waals surface area contributed by atoms with E-state index in [2.05, 4.69) is 10.3 Å². The number of ether oxygens (including phenoxy) is 1. The average Bonchev–Trinajstić information content (AvgIpc) is 3.12. The number of rotatable bonds is 6. The van der Waals surface area contributed by atoms with E-state index in [9.17, 15) is 0 Å². The van der Waals surface area contributed by atoms with Crippen molar-refractivity contribution < 1.29 is 4.74 Å². The zero-order valence-electron chi connectivity index (χ0n) is 11.1. The first-order chi connectivity index (χ1) is 8.77. The lowest BCUT2D eigenvalue weighted by Gasteiger charge is -2.42. The molecule has 0 bridgehead atoms. The zero-order valence-corrected chi connectivity index (χ0v) is 11.1. The third kappa shape index (κ3) is 2.66. The molecule has 18 heavy (non-hydrogen) atoms. The smallest absolute Gasteiger partial charge is 0.141 e. The number of hydrogen-bond donors (Lipinski definition) is 1. The van der Waals surface area contributed by atoms with Gasteiger partial charge in [-0.15, -0.1) is 0 Å². The van der Waals surface area contributed by atoms with E-state index in [-0.39, 0.29) is 5.60 Å². The third-order valence-corrected chi connectivity index (χ3v) is 4.14. The molecule has 2 fully saturated rings. The molecule has 1 aromatic heterocycles. The molecule has 3 heteroatoms. The van der Waals surface area contributed by atoms with Crippen LogP contribution in [0.2, 0.25) is 0 Å². The molecule has 0 atom stereocenters. The first kappa shape index (κ1) is 12.0. The summed E-state index contributed by atoms with van der Waals surface area (Å²) in [6, 6.07) is 4.79. The molecular formula is C15H22N2O. The fraction of sp³-hybridized carbons (Fsp3) is 0.667. The van der Waals surface area contributed by atoms with Crippen molar-refractivity contribution in [1.82, 2.24) is 10.3 Å². The molecule has 1 aromatic rings. The lowest BCUT2D eigenvalue weighted by Crippen LogP contribution is -2.45. The van der Waals surface area contributed by atoms with Gasteiger partial charge in [0.1, 0.15) is 11.4 Å². The minimum absolute atomic E-state index is 0.0791. The van der Waals surface area contributed by atoms with Gasteiger partial charge in [0, 0.05) is 12.2 Å². The van der Waals surface area contributed by atoms with Crippen molar-refractivity contribution in [2.75, 3.05) is 6.54 Å². The first-order valence-corrected chi connectivity index (χ1v) is 7.11. The highest BCUT2D eigenvalue weighted by molar-refractivity contribution is 5.26. The molecule has 3 rings (SSSR count). The number of aromatic nitrogens is 1. The van der Waals surface area contributed by atoms with Crippen LogP contribution >= 0.6 is 0 Å². The average molecular weight is 246 g/mol. The molecule has 0 spiro atoms. The van der Waals surface area contributed by atoms with Crippen LogP contribution in [0.15, 0.2) is 18.3 Å². The van der Waals surface area contributed by atoms with Gasteiger partial charge in [-0.25, -0.2) is 0 Å². The molecule has 0 saturated heterocycles. The van der Waals surface area contributed by atoms with Crippen LogP contribution in [0.4, 0.5) is 0 Å². The Balaban J connectivity index is 1.58. The van der Waals surface area contributed by atoms with Gasteiger partial charge in [-0.1, -0.05) is 0 Å². The summed E-state index contributed by atoms with van der Waals surface area (Å²) in [5.74, 6) is 0.962. The van der Waals surface area contributed by atoms with Gasteiger partial charge < -0.3 is 10.1 Å². The predicted molar refractivity (Wildman–Crippen MR) is 71.8 cm³/mol. The summed E-state index contributed by atoms with van der Waals surface area (Å²) < 4.78 is 6.27. The molecule has 0 aliphatic heterocycles. The standard InChI is InChI=1S/C15H22N2O/c1-12-14(4-2-10-16-12)18-15(7-3-8-15)9-11-17-13-5-6-13/h2,4,10,13,17H,3,5-9,11H2,1H3. The summed E-state index contributed by atoms with van der Waals surface area (Å²) in [6.07, 6.45) is 9.33. The lowest BCUT2D eigenvalue weighted by molar-refractivity contribution is -0.0151. The van der Waals surface area contributed by atoms with E-state index in [0.29, 0.717) is 0 Å². The van der Waals surface area contributed by atoms with Crippen molar-refractivity contribution in [2.24, 2.45) is 0 Å². The Morgan fingerprint density at radius 2 is 2.28 bits per heavy atom. The molecule has 3 nitrogen and oxygen atoms in total. The van der Waals surface area contributed by atoms with Crippen LogP contribution < -0.4 is 10.1 Å². The molecule has 2 aliphatic rings. The molecule has 2 saturated carbocycles. The van der Waals surface area contributed by atoms with Crippen molar-refractivity contribution in [3.63, 3.8) is 0 Å². The van der Waals surface area contributed by atoms with Crippen molar-refractivity contribution in [3.8, 4) is 5.75 Å². The van der Waals surface area contributed by atoms with E-state index in [1.807, 2.05) is 25.3 Å². The molecular weight excluding hydrogens is 224 g/mol. The highest BCUT2D eigenvalue weighted by atomic mass is 16.5. The Hall–Kier alpha value is -1.09. The molecule has 0 amide bonds. The van der Waals surface area contributed by atoms with E-state index in [1.54, 1.807) is 0 Å². The van der Waals surface area contributed by atoms with Gasteiger partial charge in [0.25, 0.3) is 0 Å². The minimum Gasteiger partial charge on any atom is -0.485 e. The van der Waals surface area contributed by atoms with E-state index in [4.69, 9.17) is 4.74 Å². The normalized spacial score (nSPS) is 21.4. The van der Waals surface area contributed by atoms with Crippen LogP contribution in [0, 0.1) is 6.92 Å². The van der Waals surface area contributed by atoms with Gasteiger partial charge in [-0.05, 0) is 64.1 Å². The zero-order chi connectivity index (χ0) is 12.4. The molecule has 2 aliphatic carbocycles. The van der Waals surface area contributed by atoms with E-state index in [0.717, 1.165) is 30.5 Å². The molecule has 1 N–H and O–H groups in total. The van der Waals surface area contributed by atoms with E-state index in [1.165, 1.54) is 32.1 Å². The van der Waals surface area contributed by atoms with Gasteiger partial charge >= 0.3 is 0 Å². The maximum absolute atomic E-state index is 6.27. The first-order valence-electron chi connectivity index (χ1n) is 7.11.